The topological polar surface area (TPSA) is 91.2 Å². The molecule has 0 saturated carbocycles. The Hall–Kier alpha value is -2.55. The number of hydrogen-bond acceptors (Lipinski definition) is 4. The number of carbonyl (C=O) groups excluding carboxylic acids is 2. The summed E-state index contributed by atoms with van der Waals surface area (Å²) in [7, 11) is 1.52. The van der Waals surface area contributed by atoms with E-state index in [1.807, 2.05) is 0 Å². The fraction of sp³-hybridized carbons (Fsp3) is 0.182. The monoisotopic (exact) mass is 233 g/mol. The fourth-order valence-corrected chi connectivity index (χ4v) is 1.06. The predicted molar refractivity (Wildman–Crippen MR) is 58.8 cm³/mol. The average molecular weight is 233 g/mol. The number of ether oxygens (including phenoxy) is 1. The van der Waals surface area contributed by atoms with Crippen molar-refractivity contribution in [3.8, 4) is 11.8 Å². The molecule has 0 radical (unpaired) electrons. The zero-order valence-corrected chi connectivity index (χ0v) is 9.19. The number of nitriles is 1. The van der Waals surface area contributed by atoms with Gasteiger partial charge >= 0.3 is 0 Å². The molecular formula is C11H11N3O3. The smallest absolute Gasteiger partial charge is 0.269 e. The van der Waals surface area contributed by atoms with E-state index in [0.717, 1.165) is 0 Å². The first-order valence-electron chi connectivity index (χ1n) is 4.77. The van der Waals surface area contributed by atoms with Gasteiger partial charge in [-0.05, 0) is 24.3 Å². The lowest BCUT2D eigenvalue weighted by molar-refractivity contribution is -0.120. The highest BCUT2D eigenvalue weighted by Crippen LogP contribution is 2.10. The van der Waals surface area contributed by atoms with Gasteiger partial charge in [0, 0.05) is 5.56 Å². The van der Waals surface area contributed by atoms with E-state index >= 15 is 0 Å². The number of carbonyl (C=O) groups is 2. The summed E-state index contributed by atoms with van der Waals surface area (Å²) in [5.74, 6) is -0.386. The summed E-state index contributed by atoms with van der Waals surface area (Å²) >= 11 is 0. The Kier molecular flexibility index (Phi) is 4.51. The van der Waals surface area contributed by atoms with E-state index in [1.165, 1.54) is 7.11 Å². The molecule has 0 unspecified atom stereocenters. The molecule has 0 aromatic heterocycles. The van der Waals surface area contributed by atoms with E-state index in [2.05, 4.69) is 10.9 Å². The molecule has 6 nitrogen and oxygen atoms in total. The molecule has 0 aliphatic heterocycles. The van der Waals surface area contributed by atoms with Crippen molar-refractivity contribution in [3.05, 3.63) is 29.8 Å². The number of rotatable bonds is 3. The van der Waals surface area contributed by atoms with Gasteiger partial charge in [0.2, 0.25) is 0 Å². The van der Waals surface area contributed by atoms with Gasteiger partial charge in [0.25, 0.3) is 11.8 Å². The summed E-state index contributed by atoms with van der Waals surface area (Å²) in [5.41, 5.74) is 4.69. The van der Waals surface area contributed by atoms with Crippen LogP contribution in [0.3, 0.4) is 0 Å². The third-order valence-corrected chi connectivity index (χ3v) is 1.91. The Labute approximate surface area is 98.2 Å². The Balaban J connectivity index is 2.52. The van der Waals surface area contributed by atoms with Crippen LogP contribution in [0.1, 0.15) is 16.8 Å². The maximum atomic E-state index is 11.5. The van der Waals surface area contributed by atoms with Crippen molar-refractivity contribution < 1.29 is 14.3 Å². The molecule has 2 amide bonds. The average Bonchev–Trinajstić information content (AvgIpc) is 2.36. The number of hydrogen-bond donors (Lipinski definition) is 2. The van der Waals surface area contributed by atoms with Crippen molar-refractivity contribution >= 4 is 11.8 Å². The van der Waals surface area contributed by atoms with Gasteiger partial charge in [-0.25, -0.2) is 0 Å². The van der Waals surface area contributed by atoms with Crippen molar-refractivity contribution in [2.45, 2.75) is 6.42 Å². The van der Waals surface area contributed by atoms with Gasteiger partial charge in [-0.2, -0.15) is 5.26 Å². The van der Waals surface area contributed by atoms with Crippen molar-refractivity contribution in [2.75, 3.05) is 7.11 Å². The first-order valence-corrected chi connectivity index (χ1v) is 4.77. The highest BCUT2D eigenvalue weighted by molar-refractivity contribution is 5.95. The second-order valence-electron chi connectivity index (χ2n) is 3.07. The summed E-state index contributed by atoms with van der Waals surface area (Å²) < 4.78 is 4.94. The minimum atomic E-state index is -0.561. The molecule has 0 heterocycles. The van der Waals surface area contributed by atoms with E-state index in [-0.39, 0.29) is 6.42 Å². The highest BCUT2D eigenvalue weighted by atomic mass is 16.5. The number of amides is 2. The van der Waals surface area contributed by atoms with Crippen LogP contribution in [0.15, 0.2) is 24.3 Å². The Bertz CT molecular complexity index is 448. The maximum absolute atomic E-state index is 11.5. The van der Waals surface area contributed by atoms with Crippen molar-refractivity contribution in [1.29, 1.82) is 5.26 Å². The molecular weight excluding hydrogens is 222 g/mol. The van der Waals surface area contributed by atoms with Crippen LogP contribution in [0.4, 0.5) is 0 Å². The van der Waals surface area contributed by atoms with Crippen molar-refractivity contribution in [1.82, 2.24) is 10.9 Å². The van der Waals surface area contributed by atoms with E-state index in [0.29, 0.717) is 11.3 Å². The molecule has 0 aliphatic rings. The molecule has 17 heavy (non-hydrogen) atoms. The van der Waals surface area contributed by atoms with Gasteiger partial charge in [-0.15, -0.1) is 0 Å². The molecule has 0 aliphatic carbocycles. The first-order chi connectivity index (χ1) is 8.17. The molecule has 0 bridgehead atoms. The number of hydrazine groups is 1. The van der Waals surface area contributed by atoms with Crippen molar-refractivity contribution in [2.24, 2.45) is 0 Å². The lowest BCUT2D eigenvalue weighted by Crippen LogP contribution is -2.41. The largest absolute Gasteiger partial charge is 0.497 e. The number of nitrogens with one attached hydrogen (secondary N) is 2. The second kappa shape index (κ2) is 6.12. The molecule has 88 valence electrons. The fourth-order valence-electron chi connectivity index (χ4n) is 1.06. The Morgan fingerprint density at radius 2 is 1.94 bits per heavy atom. The SMILES string of the molecule is COc1ccc(C(=O)NNC(=O)CC#N)cc1. The van der Waals surface area contributed by atoms with Crippen LogP contribution >= 0.6 is 0 Å². The third kappa shape index (κ3) is 3.83. The standard InChI is InChI=1S/C11H11N3O3/c1-17-9-4-2-8(3-5-9)11(16)14-13-10(15)6-7-12/h2-5H,6H2,1H3,(H,13,15)(H,14,16). The van der Waals surface area contributed by atoms with Crippen LogP contribution < -0.4 is 15.6 Å². The van der Waals surface area contributed by atoms with Crippen LogP contribution in [-0.4, -0.2) is 18.9 Å². The van der Waals surface area contributed by atoms with Gasteiger partial charge in [0.05, 0.1) is 13.2 Å². The first kappa shape index (κ1) is 12.5. The quantitative estimate of drug-likeness (QED) is 0.738. The molecule has 0 fully saturated rings. The maximum Gasteiger partial charge on any atom is 0.269 e. The van der Waals surface area contributed by atoms with Crippen molar-refractivity contribution in [3.63, 3.8) is 0 Å². The van der Waals surface area contributed by atoms with E-state index in [9.17, 15) is 9.59 Å². The summed E-state index contributed by atoms with van der Waals surface area (Å²) in [4.78, 5) is 22.4. The van der Waals surface area contributed by atoms with Gasteiger partial charge in [0.1, 0.15) is 12.2 Å². The molecule has 0 saturated heterocycles. The molecule has 0 atom stereocenters. The van der Waals surface area contributed by atoms with E-state index < -0.39 is 11.8 Å². The minimum Gasteiger partial charge on any atom is -0.497 e. The molecule has 1 rings (SSSR count). The highest BCUT2D eigenvalue weighted by Gasteiger charge is 2.06. The van der Waals surface area contributed by atoms with Gasteiger partial charge in [-0.3, -0.25) is 20.4 Å². The second-order valence-corrected chi connectivity index (χ2v) is 3.07. The van der Waals surface area contributed by atoms with E-state index in [4.69, 9.17) is 10.00 Å². The summed E-state index contributed by atoms with van der Waals surface area (Å²) in [6.07, 6.45) is -0.303. The van der Waals surface area contributed by atoms with Crippen LogP contribution in [0.25, 0.3) is 0 Å². The zero-order valence-electron chi connectivity index (χ0n) is 9.19. The lowest BCUT2D eigenvalue weighted by Gasteiger charge is -2.06. The van der Waals surface area contributed by atoms with E-state index in [1.54, 1.807) is 30.3 Å². The van der Waals surface area contributed by atoms with Crippen LogP contribution in [0, 0.1) is 11.3 Å². The summed E-state index contributed by atoms with van der Waals surface area (Å²) in [5, 5.41) is 8.24. The lowest BCUT2D eigenvalue weighted by atomic mass is 10.2. The minimum absolute atomic E-state index is 0.303. The predicted octanol–water partition coefficient (Wildman–Crippen LogP) is 0.370. The van der Waals surface area contributed by atoms with Crippen LogP contribution in [0.2, 0.25) is 0 Å². The Morgan fingerprint density at radius 3 is 2.47 bits per heavy atom. The number of nitrogens with zero attached hydrogens (tertiary/aromatic N) is 1. The Morgan fingerprint density at radius 1 is 1.29 bits per heavy atom. The molecule has 1 aromatic rings. The molecule has 6 heteroatoms. The molecule has 0 spiro atoms. The number of methoxy groups -OCH3 is 1. The zero-order chi connectivity index (χ0) is 12.7. The van der Waals surface area contributed by atoms with Gasteiger partial charge in [0.15, 0.2) is 0 Å². The van der Waals surface area contributed by atoms with Crippen LogP contribution in [-0.2, 0) is 4.79 Å². The normalized spacial score (nSPS) is 8.94. The van der Waals surface area contributed by atoms with Gasteiger partial charge in [-0.1, -0.05) is 0 Å². The molecule has 1 aromatic carbocycles. The number of benzene rings is 1. The van der Waals surface area contributed by atoms with Crippen LogP contribution in [0.5, 0.6) is 5.75 Å². The van der Waals surface area contributed by atoms with Gasteiger partial charge < -0.3 is 4.74 Å². The summed E-state index contributed by atoms with van der Waals surface area (Å²) in [6.45, 7) is 0. The molecule has 2 N–H and O–H groups in total. The summed E-state index contributed by atoms with van der Waals surface area (Å²) in [6, 6.07) is 8.05. The third-order valence-electron chi connectivity index (χ3n) is 1.91.